The zero-order valence-corrected chi connectivity index (χ0v) is 28.2. The van der Waals surface area contributed by atoms with Crippen molar-refractivity contribution in [1.82, 2.24) is 5.32 Å². The second-order valence-corrected chi connectivity index (χ2v) is 14.6. The van der Waals surface area contributed by atoms with Crippen LogP contribution in [0.3, 0.4) is 0 Å². The van der Waals surface area contributed by atoms with Crippen LogP contribution >= 0.6 is 34.0 Å². The summed E-state index contributed by atoms with van der Waals surface area (Å²) in [7, 11) is 0. The molecule has 4 aliphatic rings. The first-order chi connectivity index (χ1) is 23.4. The van der Waals surface area contributed by atoms with Crippen molar-refractivity contribution in [3.8, 4) is 54.0 Å². The van der Waals surface area contributed by atoms with Gasteiger partial charge in [-0.2, -0.15) is 0 Å². The predicted molar refractivity (Wildman–Crippen MR) is 179 cm³/mol. The van der Waals surface area contributed by atoms with E-state index in [4.69, 9.17) is 33.2 Å². The summed E-state index contributed by atoms with van der Waals surface area (Å²) in [6, 6.07) is 6.67. The number of fused-ring (bicyclic) bond motifs is 4. The molecule has 1 aliphatic carbocycles. The molecule has 0 spiro atoms. The molecule has 1 N–H and O–H groups in total. The zero-order chi connectivity index (χ0) is 32.8. The van der Waals surface area contributed by atoms with Gasteiger partial charge in [-0.25, -0.2) is 0 Å². The molecule has 1 aromatic carbocycles. The first-order valence-electron chi connectivity index (χ1n) is 15.3. The Morgan fingerprint density at radius 3 is 2.00 bits per heavy atom. The Morgan fingerprint density at radius 2 is 1.38 bits per heavy atom. The van der Waals surface area contributed by atoms with E-state index in [1.807, 2.05) is 17.7 Å². The Hall–Kier alpha value is -4.53. The minimum Gasteiger partial charge on any atom is -0.487 e. The quantitative estimate of drug-likeness (QED) is 0.216. The number of carbonyl (C=O) groups is 3. The van der Waals surface area contributed by atoms with Gasteiger partial charge in [-0.05, 0) is 6.92 Å². The summed E-state index contributed by atoms with van der Waals surface area (Å²) >= 11 is 4.58. The van der Waals surface area contributed by atoms with Crippen molar-refractivity contribution in [2.45, 2.75) is 13.3 Å². The molecule has 0 radical (unpaired) electrons. The van der Waals surface area contributed by atoms with Crippen LogP contribution in [-0.2, 0) is 9.53 Å². The first-order valence-corrected chi connectivity index (χ1v) is 17.9. The Balaban J connectivity index is 0.967. The summed E-state index contributed by atoms with van der Waals surface area (Å²) in [4.78, 5) is 41.5. The van der Waals surface area contributed by atoms with E-state index in [9.17, 15) is 14.4 Å². The van der Waals surface area contributed by atoms with Crippen LogP contribution in [0.2, 0.25) is 0 Å². The summed E-state index contributed by atoms with van der Waals surface area (Å²) in [6.07, 6.45) is 1.27. The summed E-state index contributed by atoms with van der Waals surface area (Å²) in [6.45, 7) is 4.47. The van der Waals surface area contributed by atoms with Gasteiger partial charge in [-0.1, -0.05) is 24.3 Å². The number of hydrogen-bond donors (Lipinski definition) is 1. The third-order valence-corrected chi connectivity index (χ3v) is 11.5. The maximum Gasteiger partial charge on any atom is 0.307 e. The van der Waals surface area contributed by atoms with Crippen LogP contribution in [0.1, 0.15) is 34.1 Å². The third kappa shape index (κ3) is 5.57. The number of nitrogens with one attached hydrogen (secondary N) is 1. The number of carbonyl (C=O) groups excluding carboxylic acids is 3. The van der Waals surface area contributed by atoms with Crippen LogP contribution in [0.4, 0.5) is 0 Å². The molecule has 8 rings (SSSR count). The Kier molecular flexibility index (Phi) is 8.01. The molecule has 0 bridgehead atoms. The van der Waals surface area contributed by atoms with E-state index < -0.39 is 11.4 Å². The van der Waals surface area contributed by atoms with Crippen molar-refractivity contribution in [2.75, 3.05) is 52.8 Å². The number of allylic oxidation sites excluding steroid dienone is 2. The predicted octanol–water partition coefficient (Wildman–Crippen LogP) is 6.01. The standard InChI is InChI=1S/C34H29NO10S3/c1-34(15-43-24(37)6-7-35-20-12-21(36)18-4-2-3-5-19(18)25(20)38)16-44-28-29(45-17-34)33(31-27-23(14-47-31)40-9-11-42-27)48-32(28)30-26-22(13-46-30)39-8-10-41-26/h2-5,12-14,35H,6-11,15-17H2,1H3. The maximum atomic E-state index is 12.8. The third-order valence-electron chi connectivity index (χ3n) is 8.15. The largest absolute Gasteiger partial charge is 0.487 e. The molecule has 3 aliphatic heterocycles. The van der Waals surface area contributed by atoms with Crippen molar-refractivity contribution >= 4 is 51.5 Å². The summed E-state index contributed by atoms with van der Waals surface area (Å²) in [5, 5.41) is 6.80. The molecule has 0 saturated carbocycles. The smallest absolute Gasteiger partial charge is 0.307 e. The Labute approximate surface area is 286 Å². The van der Waals surface area contributed by atoms with Gasteiger partial charge in [0.2, 0.25) is 5.78 Å². The number of benzene rings is 1. The summed E-state index contributed by atoms with van der Waals surface area (Å²) < 4.78 is 42.4. The van der Waals surface area contributed by atoms with Gasteiger partial charge in [0.1, 0.15) is 46.2 Å². The zero-order valence-electron chi connectivity index (χ0n) is 25.7. The van der Waals surface area contributed by atoms with Gasteiger partial charge in [0.15, 0.2) is 40.3 Å². The second-order valence-electron chi connectivity index (χ2n) is 11.9. The number of esters is 1. The highest BCUT2D eigenvalue weighted by molar-refractivity contribution is 7.27. The molecule has 48 heavy (non-hydrogen) atoms. The minimum atomic E-state index is -0.671. The van der Waals surface area contributed by atoms with Gasteiger partial charge >= 0.3 is 5.97 Å². The maximum absolute atomic E-state index is 12.8. The van der Waals surface area contributed by atoms with E-state index in [0.29, 0.717) is 72.1 Å². The Bertz CT molecular complexity index is 1890. The number of Topliss-reactive ketones (excluding diaryl/α,β-unsaturated/α-hetero) is 1. The average molecular weight is 708 g/mol. The van der Waals surface area contributed by atoms with Gasteiger partial charge in [-0.15, -0.1) is 34.0 Å². The molecule has 0 saturated heterocycles. The number of thiophene rings is 3. The average Bonchev–Trinajstić information content (AvgIpc) is 3.80. The van der Waals surface area contributed by atoms with Crippen LogP contribution in [-0.4, -0.2) is 70.3 Å². The minimum absolute atomic E-state index is 0.00336. The lowest BCUT2D eigenvalue weighted by Crippen LogP contribution is -2.36. The topological polar surface area (TPSA) is 128 Å². The van der Waals surface area contributed by atoms with Crippen LogP contribution < -0.4 is 33.7 Å². The molecule has 14 heteroatoms. The monoisotopic (exact) mass is 707 g/mol. The highest BCUT2D eigenvalue weighted by atomic mass is 32.1. The lowest BCUT2D eigenvalue weighted by atomic mass is 9.93. The highest BCUT2D eigenvalue weighted by Gasteiger charge is 2.38. The summed E-state index contributed by atoms with van der Waals surface area (Å²) in [5.41, 5.74) is 0.205. The Morgan fingerprint density at radius 1 is 0.792 bits per heavy atom. The van der Waals surface area contributed by atoms with E-state index in [2.05, 4.69) is 5.32 Å². The van der Waals surface area contributed by atoms with E-state index in [1.54, 1.807) is 24.3 Å². The molecule has 6 heterocycles. The fourth-order valence-electron chi connectivity index (χ4n) is 5.69. The van der Waals surface area contributed by atoms with Crippen molar-refractivity contribution in [2.24, 2.45) is 5.41 Å². The highest BCUT2D eigenvalue weighted by Crippen LogP contribution is 2.61. The molecular formula is C34H29NO10S3. The molecule has 11 nitrogen and oxygen atoms in total. The van der Waals surface area contributed by atoms with Crippen molar-refractivity contribution in [3.63, 3.8) is 0 Å². The van der Waals surface area contributed by atoms with Gasteiger partial charge in [0, 0.05) is 34.5 Å². The summed E-state index contributed by atoms with van der Waals surface area (Å²) in [5.74, 6) is 2.98. The van der Waals surface area contributed by atoms with Crippen LogP contribution in [0.15, 0.2) is 46.8 Å². The van der Waals surface area contributed by atoms with E-state index in [-0.39, 0.29) is 50.0 Å². The van der Waals surface area contributed by atoms with Crippen molar-refractivity contribution in [1.29, 1.82) is 0 Å². The van der Waals surface area contributed by atoms with Crippen molar-refractivity contribution in [3.05, 3.63) is 57.9 Å². The molecule has 0 amide bonds. The van der Waals surface area contributed by atoms with Gasteiger partial charge in [-0.3, -0.25) is 14.4 Å². The van der Waals surface area contributed by atoms with Gasteiger partial charge in [0.25, 0.3) is 0 Å². The van der Waals surface area contributed by atoms with E-state index >= 15 is 0 Å². The fourth-order valence-corrected chi connectivity index (χ4v) is 9.03. The second kappa shape index (κ2) is 12.5. The number of rotatable bonds is 8. The molecule has 0 atom stereocenters. The van der Waals surface area contributed by atoms with Crippen LogP contribution in [0, 0.1) is 5.41 Å². The van der Waals surface area contributed by atoms with Gasteiger partial charge in [0.05, 0.1) is 37.0 Å². The molecular weight excluding hydrogens is 679 g/mol. The lowest BCUT2D eigenvalue weighted by molar-refractivity contribution is -0.148. The van der Waals surface area contributed by atoms with Crippen molar-refractivity contribution < 1.29 is 47.5 Å². The number of hydrogen-bond acceptors (Lipinski definition) is 14. The molecule has 4 aromatic rings. The number of ketones is 2. The van der Waals surface area contributed by atoms with Crippen LogP contribution in [0.5, 0.6) is 34.5 Å². The first kappa shape index (κ1) is 30.8. The molecule has 0 unspecified atom stereocenters. The normalized spacial score (nSPS) is 17.2. The molecule has 3 aromatic heterocycles. The fraction of sp³-hybridized carbons (Fsp3) is 0.324. The van der Waals surface area contributed by atoms with E-state index in [1.165, 1.54) is 40.1 Å². The van der Waals surface area contributed by atoms with E-state index in [0.717, 1.165) is 19.5 Å². The van der Waals surface area contributed by atoms with Gasteiger partial charge < -0.3 is 38.5 Å². The molecule has 248 valence electrons. The lowest BCUT2D eigenvalue weighted by Gasteiger charge is -2.26. The molecule has 0 fully saturated rings. The van der Waals surface area contributed by atoms with Crippen LogP contribution in [0.25, 0.3) is 19.5 Å². The number of ether oxygens (including phenoxy) is 7. The SMILES string of the molecule is CC1(COC(=O)CCNC2=CC(=O)c3ccccc3C2=O)COc2c(-c3scc4c3OCCO4)sc(-c3scc4c3OCCO4)c2OC1.